The first-order chi connectivity index (χ1) is 15.1. The molecule has 0 aliphatic carbocycles. The Bertz CT molecular complexity index is 1220. The van der Waals surface area contributed by atoms with E-state index in [9.17, 15) is 0 Å². The Labute approximate surface area is 186 Å². The number of aromatic nitrogens is 3. The van der Waals surface area contributed by atoms with E-state index >= 15 is 0 Å². The summed E-state index contributed by atoms with van der Waals surface area (Å²) in [5.41, 5.74) is 6.59. The van der Waals surface area contributed by atoms with Gasteiger partial charge >= 0.3 is 0 Å². The van der Waals surface area contributed by atoms with E-state index in [0.717, 1.165) is 53.7 Å². The number of benzene rings is 2. The molecule has 0 saturated carbocycles. The van der Waals surface area contributed by atoms with Crippen LogP contribution < -0.4 is 4.90 Å². The summed E-state index contributed by atoms with van der Waals surface area (Å²) in [4.78, 5) is 11.8. The van der Waals surface area contributed by atoms with Crippen LogP contribution in [0.1, 0.15) is 33.9 Å². The molecule has 0 atom stereocenters. The molecule has 0 spiro atoms. The number of nitrogens with zero attached hydrogens (tertiary/aromatic N) is 4. The number of fused-ring (bicyclic) bond motifs is 1. The Morgan fingerprint density at radius 2 is 1.77 bits per heavy atom. The molecule has 0 saturated heterocycles. The fourth-order valence-electron chi connectivity index (χ4n) is 4.23. The van der Waals surface area contributed by atoms with Crippen molar-refractivity contribution in [2.24, 2.45) is 0 Å². The Kier molecular flexibility index (Phi) is 5.20. The number of hydrogen-bond acceptors (Lipinski definition) is 5. The highest BCUT2D eigenvalue weighted by Crippen LogP contribution is 2.34. The average molecular weight is 431 g/mol. The van der Waals surface area contributed by atoms with Gasteiger partial charge in [0, 0.05) is 40.4 Å². The highest BCUT2D eigenvalue weighted by atomic mass is 35.5. The van der Waals surface area contributed by atoms with E-state index < -0.39 is 0 Å². The molecule has 4 aromatic rings. The van der Waals surface area contributed by atoms with Crippen molar-refractivity contribution in [3.63, 3.8) is 0 Å². The molecule has 5 nitrogen and oxygen atoms in total. The Hall–Kier alpha value is -3.18. The predicted octanol–water partition coefficient (Wildman–Crippen LogP) is 5.56. The maximum absolute atomic E-state index is 6.04. The Morgan fingerprint density at radius 1 is 1.00 bits per heavy atom. The molecule has 6 heteroatoms. The van der Waals surface area contributed by atoms with Gasteiger partial charge in [-0.1, -0.05) is 47.1 Å². The van der Waals surface area contributed by atoms with Crippen molar-refractivity contribution in [2.75, 3.05) is 11.4 Å². The fourth-order valence-corrected chi connectivity index (χ4v) is 4.35. The van der Waals surface area contributed by atoms with Crippen LogP contribution >= 0.6 is 11.6 Å². The van der Waals surface area contributed by atoms with Crippen LogP contribution in [-0.4, -0.2) is 21.7 Å². The monoisotopic (exact) mass is 430 g/mol. The molecule has 5 rings (SSSR count). The van der Waals surface area contributed by atoms with E-state index in [2.05, 4.69) is 46.2 Å². The molecule has 2 aromatic heterocycles. The second-order valence-electron chi connectivity index (χ2n) is 7.94. The third-order valence-corrected chi connectivity index (χ3v) is 6.03. The van der Waals surface area contributed by atoms with Crippen molar-refractivity contribution in [1.82, 2.24) is 15.1 Å². The van der Waals surface area contributed by atoms with Crippen molar-refractivity contribution < 1.29 is 4.52 Å². The zero-order valence-corrected chi connectivity index (χ0v) is 18.4. The summed E-state index contributed by atoms with van der Waals surface area (Å²) in [6.07, 6.45) is 1.66. The molecule has 0 amide bonds. The van der Waals surface area contributed by atoms with Crippen molar-refractivity contribution in [2.45, 2.75) is 33.2 Å². The van der Waals surface area contributed by atoms with Crippen molar-refractivity contribution in [1.29, 1.82) is 0 Å². The van der Waals surface area contributed by atoms with E-state index in [1.54, 1.807) is 0 Å². The standard InChI is InChI=1S/C25H23ClN4O/c1-16-22(14-18-6-4-3-5-7-18)25(28-17(2)27-16)30-13-12-21-23(15-30)29-31-24(21)19-8-10-20(26)11-9-19/h3-11H,12-15H2,1-2H3. The molecular formula is C25H23ClN4O. The van der Waals surface area contributed by atoms with E-state index in [1.807, 2.05) is 37.3 Å². The summed E-state index contributed by atoms with van der Waals surface area (Å²) in [6, 6.07) is 18.2. The highest BCUT2D eigenvalue weighted by Gasteiger charge is 2.27. The minimum absolute atomic E-state index is 0.671. The Balaban J connectivity index is 1.47. The average Bonchev–Trinajstić information content (AvgIpc) is 3.20. The normalized spacial score (nSPS) is 13.3. The summed E-state index contributed by atoms with van der Waals surface area (Å²) >= 11 is 6.04. The van der Waals surface area contributed by atoms with Crippen LogP contribution in [0.15, 0.2) is 59.1 Å². The number of rotatable bonds is 4. The van der Waals surface area contributed by atoms with Crippen LogP contribution in [0, 0.1) is 13.8 Å². The first-order valence-electron chi connectivity index (χ1n) is 10.4. The van der Waals surface area contributed by atoms with E-state index in [4.69, 9.17) is 21.1 Å². The van der Waals surface area contributed by atoms with Gasteiger partial charge in [0.1, 0.15) is 17.3 Å². The van der Waals surface area contributed by atoms with Gasteiger partial charge in [0.2, 0.25) is 0 Å². The second-order valence-corrected chi connectivity index (χ2v) is 8.37. The molecule has 0 bridgehead atoms. The second kappa shape index (κ2) is 8.16. The number of halogens is 1. The summed E-state index contributed by atoms with van der Waals surface area (Å²) in [7, 11) is 0. The minimum atomic E-state index is 0.671. The SMILES string of the molecule is Cc1nc(C)c(Cc2ccccc2)c(N2CCc3c(noc3-c3ccc(Cl)cc3)C2)n1. The third kappa shape index (κ3) is 3.93. The van der Waals surface area contributed by atoms with Crippen LogP contribution in [0.4, 0.5) is 5.82 Å². The predicted molar refractivity (Wildman–Crippen MR) is 122 cm³/mol. The lowest BCUT2D eigenvalue weighted by Crippen LogP contribution is -2.32. The number of hydrogen-bond donors (Lipinski definition) is 0. The van der Waals surface area contributed by atoms with Crippen LogP contribution in [0.5, 0.6) is 0 Å². The summed E-state index contributed by atoms with van der Waals surface area (Å²) in [5, 5.41) is 5.11. The molecule has 1 aliphatic rings. The molecule has 31 heavy (non-hydrogen) atoms. The van der Waals surface area contributed by atoms with E-state index in [0.29, 0.717) is 11.6 Å². The number of anilines is 1. The maximum atomic E-state index is 6.04. The van der Waals surface area contributed by atoms with Gasteiger partial charge in [-0.15, -0.1) is 0 Å². The Morgan fingerprint density at radius 3 is 2.55 bits per heavy atom. The van der Waals surface area contributed by atoms with Gasteiger partial charge in [0.25, 0.3) is 0 Å². The molecule has 0 N–H and O–H groups in total. The molecular weight excluding hydrogens is 408 g/mol. The molecule has 1 aliphatic heterocycles. The minimum Gasteiger partial charge on any atom is -0.356 e. The van der Waals surface area contributed by atoms with E-state index in [1.165, 1.54) is 16.7 Å². The maximum Gasteiger partial charge on any atom is 0.170 e. The van der Waals surface area contributed by atoms with Gasteiger partial charge in [-0.3, -0.25) is 0 Å². The van der Waals surface area contributed by atoms with E-state index in [-0.39, 0.29) is 0 Å². The lowest BCUT2D eigenvalue weighted by atomic mass is 9.99. The highest BCUT2D eigenvalue weighted by molar-refractivity contribution is 6.30. The largest absolute Gasteiger partial charge is 0.356 e. The van der Waals surface area contributed by atoms with Gasteiger partial charge < -0.3 is 9.42 Å². The number of aryl methyl sites for hydroxylation is 2. The summed E-state index contributed by atoms with van der Waals surface area (Å²) in [6.45, 7) is 5.55. The van der Waals surface area contributed by atoms with Gasteiger partial charge in [-0.05, 0) is 50.1 Å². The van der Waals surface area contributed by atoms with Crippen LogP contribution in [0.3, 0.4) is 0 Å². The molecule has 0 radical (unpaired) electrons. The van der Waals surface area contributed by atoms with Crippen LogP contribution in [-0.2, 0) is 19.4 Å². The smallest absolute Gasteiger partial charge is 0.170 e. The lowest BCUT2D eigenvalue weighted by molar-refractivity contribution is 0.423. The van der Waals surface area contributed by atoms with Crippen molar-refractivity contribution >= 4 is 17.4 Å². The topological polar surface area (TPSA) is 55.1 Å². The van der Waals surface area contributed by atoms with Crippen LogP contribution in [0.2, 0.25) is 5.02 Å². The van der Waals surface area contributed by atoms with Crippen molar-refractivity contribution in [3.05, 3.63) is 93.5 Å². The quantitative estimate of drug-likeness (QED) is 0.424. The first-order valence-corrected chi connectivity index (χ1v) is 10.8. The van der Waals surface area contributed by atoms with Gasteiger partial charge in [0.05, 0.1) is 6.54 Å². The summed E-state index contributed by atoms with van der Waals surface area (Å²) in [5.74, 6) is 2.62. The zero-order valence-electron chi connectivity index (χ0n) is 17.6. The molecule has 0 fully saturated rings. The third-order valence-electron chi connectivity index (χ3n) is 5.78. The molecule has 156 valence electrons. The van der Waals surface area contributed by atoms with Gasteiger partial charge in [0.15, 0.2) is 5.76 Å². The van der Waals surface area contributed by atoms with Crippen molar-refractivity contribution in [3.8, 4) is 11.3 Å². The fraction of sp³-hybridized carbons (Fsp3) is 0.240. The molecule has 2 aromatic carbocycles. The summed E-state index contributed by atoms with van der Waals surface area (Å²) < 4.78 is 5.75. The lowest BCUT2D eigenvalue weighted by Gasteiger charge is -2.29. The molecule has 3 heterocycles. The first kappa shape index (κ1) is 19.8. The van der Waals surface area contributed by atoms with Gasteiger partial charge in [-0.2, -0.15) is 0 Å². The van der Waals surface area contributed by atoms with Gasteiger partial charge in [-0.25, -0.2) is 9.97 Å². The molecule has 0 unspecified atom stereocenters. The zero-order chi connectivity index (χ0) is 21.4. The van der Waals surface area contributed by atoms with Crippen LogP contribution in [0.25, 0.3) is 11.3 Å².